The minimum atomic E-state index is -1.39. The number of carboxylic acids is 1. The van der Waals surface area contributed by atoms with Crippen LogP contribution in [-0.2, 0) is 19.2 Å². The summed E-state index contributed by atoms with van der Waals surface area (Å²) in [4.78, 5) is 50.3. The first-order valence-corrected chi connectivity index (χ1v) is 8.55. The molecule has 13 nitrogen and oxygen atoms in total. The van der Waals surface area contributed by atoms with Gasteiger partial charge in [0, 0.05) is 6.54 Å². The van der Waals surface area contributed by atoms with Gasteiger partial charge in [-0.2, -0.15) is 0 Å². The van der Waals surface area contributed by atoms with Gasteiger partial charge in [-0.05, 0) is 26.7 Å². The van der Waals surface area contributed by atoms with E-state index < -0.39 is 54.5 Å². The quantitative estimate of drug-likeness (QED) is 0.0897. The number of carbonyl (C=O) groups excluding carboxylic acids is 3. The molecular formula is C15H29N7O6. The highest BCUT2D eigenvalue weighted by Gasteiger charge is 2.28. The Morgan fingerprint density at radius 1 is 1.07 bits per heavy atom. The molecule has 0 radical (unpaired) electrons. The minimum Gasteiger partial charge on any atom is -0.480 e. The van der Waals surface area contributed by atoms with Gasteiger partial charge >= 0.3 is 5.97 Å². The van der Waals surface area contributed by atoms with Crippen molar-refractivity contribution in [2.24, 2.45) is 22.2 Å². The average Bonchev–Trinajstić information content (AvgIpc) is 2.60. The third-order valence-electron chi connectivity index (χ3n) is 3.54. The van der Waals surface area contributed by atoms with Crippen molar-refractivity contribution in [2.75, 3.05) is 13.1 Å². The second-order valence-electron chi connectivity index (χ2n) is 6.13. The molecule has 0 aliphatic carbocycles. The van der Waals surface area contributed by atoms with Gasteiger partial charge in [0.25, 0.3) is 0 Å². The Morgan fingerprint density at radius 3 is 2.18 bits per heavy atom. The van der Waals surface area contributed by atoms with Gasteiger partial charge in [-0.15, -0.1) is 0 Å². The van der Waals surface area contributed by atoms with E-state index in [1.54, 1.807) is 0 Å². The lowest BCUT2D eigenvalue weighted by Gasteiger charge is -2.22. The molecule has 0 heterocycles. The number of aliphatic hydroxyl groups excluding tert-OH is 1. The number of nitrogens with two attached hydrogens (primary N) is 3. The summed E-state index contributed by atoms with van der Waals surface area (Å²) < 4.78 is 0. The van der Waals surface area contributed by atoms with E-state index in [0.29, 0.717) is 13.0 Å². The van der Waals surface area contributed by atoms with E-state index in [2.05, 4.69) is 20.9 Å². The molecule has 28 heavy (non-hydrogen) atoms. The number of amides is 3. The Morgan fingerprint density at radius 2 is 1.68 bits per heavy atom. The lowest BCUT2D eigenvalue weighted by atomic mass is 10.1. The number of nitrogens with one attached hydrogen (secondary N) is 3. The van der Waals surface area contributed by atoms with Gasteiger partial charge in [-0.1, -0.05) is 0 Å². The van der Waals surface area contributed by atoms with Crippen molar-refractivity contribution in [3.05, 3.63) is 0 Å². The van der Waals surface area contributed by atoms with E-state index >= 15 is 0 Å². The van der Waals surface area contributed by atoms with E-state index in [9.17, 15) is 24.3 Å². The number of nitrogens with zero attached hydrogens (tertiary/aromatic N) is 1. The minimum absolute atomic E-state index is 0.0656. The Bertz CT molecular complexity index is 591. The van der Waals surface area contributed by atoms with Crippen LogP contribution in [0.4, 0.5) is 0 Å². The summed E-state index contributed by atoms with van der Waals surface area (Å²) >= 11 is 0. The molecule has 0 aliphatic heterocycles. The average molecular weight is 403 g/mol. The molecule has 0 rings (SSSR count). The predicted molar refractivity (Wildman–Crippen MR) is 99.7 cm³/mol. The molecule has 13 heteroatoms. The fraction of sp³-hybridized carbons (Fsp3) is 0.667. The van der Waals surface area contributed by atoms with E-state index in [1.807, 2.05) is 0 Å². The van der Waals surface area contributed by atoms with Crippen LogP contribution in [0.15, 0.2) is 4.99 Å². The highest BCUT2D eigenvalue weighted by atomic mass is 16.4. The van der Waals surface area contributed by atoms with E-state index in [-0.39, 0.29) is 12.4 Å². The molecular weight excluding hydrogens is 374 g/mol. The summed E-state index contributed by atoms with van der Waals surface area (Å²) in [6, 6.07) is -3.48. The molecule has 0 aromatic heterocycles. The van der Waals surface area contributed by atoms with Crippen LogP contribution < -0.4 is 33.2 Å². The van der Waals surface area contributed by atoms with E-state index in [4.69, 9.17) is 22.3 Å². The first-order valence-electron chi connectivity index (χ1n) is 8.55. The zero-order valence-electron chi connectivity index (χ0n) is 15.8. The van der Waals surface area contributed by atoms with Crippen molar-refractivity contribution < 1.29 is 29.4 Å². The second-order valence-corrected chi connectivity index (χ2v) is 6.13. The molecule has 0 saturated carbocycles. The summed E-state index contributed by atoms with van der Waals surface area (Å²) in [6.07, 6.45) is -0.542. The second kappa shape index (κ2) is 12.5. The molecule has 0 aliphatic rings. The van der Waals surface area contributed by atoms with Gasteiger partial charge in [-0.3, -0.25) is 24.2 Å². The molecule has 160 valence electrons. The standard InChI is InChI=1S/C15H29N7O6/c1-7(14(27)28)21-13(26)11(8(2)23)22-10(24)6-20-12(25)9(16)4-3-5-19-15(17)18/h7-9,11,23H,3-6,16H2,1-2H3,(H,20,25)(H,21,26)(H,22,24)(H,27,28)(H4,17,18,19). The van der Waals surface area contributed by atoms with Crippen LogP contribution >= 0.6 is 0 Å². The lowest BCUT2D eigenvalue weighted by Crippen LogP contribution is -2.56. The van der Waals surface area contributed by atoms with Gasteiger partial charge in [0.2, 0.25) is 17.7 Å². The summed E-state index contributed by atoms with van der Waals surface area (Å²) in [6.45, 7) is 2.31. The molecule has 0 aromatic rings. The predicted octanol–water partition coefficient (Wildman–Crippen LogP) is -4.06. The topological polar surface area (TPSA) is 235 Å². The smallest absolute Gasteiger partial charge is 0.325 e. The van der Waals surface area contributed by atoms with Crippen LogP contribution in [0.25, 0.3) is 0 Å². The van der Waals surface area contributed by atoms with Crippen molar-refractivity contribution in [1.82, 2.24) is 16.0 Å². The number of hydrogen-bond donors (Lipinski definition) is 8. The zero-order valence-corrected chi connectivity index (χ0v) is 15.8. The normalized spacial score (nSPS) is 14.7. The number of guanidine groups is 1. The number of rotatable bonds is 12. The first-order chi connectivity index (χ1) is 13.0. The molecule has 11 N–H and O–H groups in total. The third-order valence-corrected chi connectivity index (χ3v) is 3.54. The maximum Gasteiger partial charge on any atom is 0.325 e. The van der Waals surface area contributed by atoms with Gasteiger partial charge in [0.05, 0.1) is 18.7 Å². The van der Waals surface area contributed by atoms with Crippen molar-refractivity contribution in [3.8, 4) is 0 Å². The van der Waals surface area contributed by atoms with Crippen molar-refractivity contribution in [2.45, 2.75) is 50.9 Å². The molecule has 3 amide bonds. The highest BCUT2D eigenvalue weighted by molar-refractivity contribution is 5.92. The number of hydrogen-bond acceptors (Lipinski definition) is 7. The molecule has 0 fully saturated rings. The Hall–Kier alpha value is -2.93. The summed E-state index contributed by atoms with van der Waals surface area (Å²) in [5.41, 5.74) is 16.0. The largest absolute Gasteiger partial charge is 0.480 e. The van der Waals surface area contributed by atoms with Crippen molar-refractivity contribution in [3.63, 3.8) is 0 Å². The van der Waals surface area contributed by atoms with Gasteiger partial charge < -0.3 is 43.4 Å². The van der Waals surface area contributed by atoms with E-state index in [1.165, 1.54) is 13.8 Å². The highest BCUT2D eigenvalue weighted by Crippen LogP contribution is 1.97. The fourth-order valence-corrected chi connectivity index (χ4v) is 1.94. The van der Waals surface area contributed by atoms with Crippen LogP contribution in [0.1, 0.15) is 26.7 Å². The molecule has 4 unspecified atom stereocenters. The Labute approximate surface area is 162 Å². The summed E-state index contributed by atoms with van der Waals surface area (Å²) in [5.74, 6) is -3.56. The molecule has 0 bridgehead atoms. The number of aliphatic hydroxyl groups is 1. The summed E-state index contributed by atoms with van der Waals surface area (Å²) in [7, 11) is 0. The van der Waals surface area contributed by atoms with E-state index in [0.717, 1.165) is 0 Å². The van der Waals surface area contributed by atoms with Gasteiger partial charge in [0.1, 0.15) is 12.1 Å². The number of aliphatic imine (C=N–C) groups is 1. The van der Waals surface area contributed by atoms with Gasteiger partial charge in [-0.25, -0.2) is 0 Å². The first kappa shape index (κ1) is 25.1. The SMILES string of the molecule is CC(NC(=O)C(NC(=O)CNC(=O)C(N)CCCN=C(N)N)C(C)O)C(=O)O. The van der Waals surface area contributed by atoms with Crippen LogP contribution in [0.5, 0.6) is 0 Å². The maximum atomic E-state index is 12.0. The van der Waals surface area contributed by atoms with Crippen LogP contribution in [0.3, 0.4) is 0 Å². The molecule has 0 spiro atoms. The monoisotopic (exact) mass is 403 g/mol. The number of aliphatic carboxylic acids is 1. The lowest BCUT2D eigenvalue weighted by molar-refractivity contribution is -0.142. The van der Waals surface area contributed by atoms with Crippen molar-refractivity contribution in [1.29, 1.82) is 0 Å². The number of carbonyl (C=O) groups is 4. The number of carboxylic acid groups (broad SMARTS) is 1. The fourth-order valence-electron chi connectivity index (χ4n) is 1.94. The van der Waals surface area contributed by atoms with Crippen LogP contribution in [0, 0.1) is 0 Å². The maximum absolute atomic E-state index is 12.0. The van der Waals surface area contributed by atoms with Crippen LogP contribution in [-0.4, -0.2) is 77.2 Å². The summed E-state index contributed by atoms with van der Waals surface area (Å²) in [5, 5.41) is 25.1. The molecule has 0 saturated heterocycles. The molecule has 0 aromatic carbocycles. The Balaban J connectivity index is 4.47. The molecule has 4 atom stereocenters. The third kappa shape index (κ3) is 10.3. The van der Waals surface area contributed by atoms with Crippen LogP contribution in [0.2, 0.25) is 0 Å². The van der Waals surface area contributed by atoms with Crippen molar-refractivity contribution >= 4 is 29.7 Å². The van der Waals surface area contributed by atoms with Gasteiger partial charge in [0.15, 0.2) is 5.96 Å². The zero-order chi connectivity index (χ0) is 21.9. The Kier molecular flexibility index (Phi) is 11.2.